The molecule has 0 unspecified atom stereocenters. The number of hydrogen-bond donors (Lipinski definition) is 11. The molecule has 6 atom stereocenters. The van der Waals surface area contributed by atoms with Gasteiger partial charge in [-0.2, -0.15) is 8.78 Å². The molecular weight excluding hydrogens is 1370 g/mol. The van der Waals surface area contributed by atoms with Crippen LogP contribution in [0.4, 0.5) is 8.78 Å². The van der Waals surface area contributed by atoms with Crippen molar-refractivity contribution in [2.24, 2.45) is 5.41 Å². The van der Waals surface area contributed by atoms with Crippen molar-refractivity contribution in [1.82, 2.24) is 47.1 Å². The fourth-order valence-electron chi connectivity index (χ4n) is 11.0. The molecule has 1 saturated heterocycles. The molecule has 0 spiro atoms. The topological polar surface area (TPSA) is 344 Å². The summed E-state index contributed by atoms with van der Waals surface area (Å²) in [7, 11) is -4.64. The number of β-amino-alcohol motifs (C(OH)–C–C–N with tert-alkyl or cyclic N) is 1. The summed E-state index contributed by atoms with van der Waals surface area (Å²) in [6, 6.07) is 23.2. The number of halogens is 3. The highest BCUT2D eigenvalue weighted by molar-refractivity contribution is 9.10. The number of aromatic nitrogens is 1. The first-order chi connectivity index (χ1) is 46.4. The van der Waals surface area contributed by atoms with Gasteiger partial charge in [0, 0.05) is 67.5 Å². The Labute approximate surface area is 580 Å². The number of amides is 8. The lowest BCUT2D eigenvalue weighted by Gasteiger charge is -2.35. The number of carbonyl (C=O) groups excluding carboxylic acids is 8. The molecule has 0 saturated carbocycles. The lowest BCUT2D eigenvalue weighted by molar-refractivity contribution is -0.144. The van der Waals surface area contributed by atoms with E-state index in [2.05, 4.69) is 58.1 Å². The number of carbonyl (C=O) groups is 8. The van der Waals surface area contributed by atoms with Gasteiger partial charge in [0.25, 0.3) is 5.91 Å². The van der Waals surface area contributed by atoms with Gasteiger partial charge in [-0.3, -0.25) is 42.9 Å². The molecule has 526 valence electrons. The van der Waals surface area contributed by atoms with Gasteiger partial charge in [-0.05, 0) is 109 Å². The zero-order chi connectivity index (χ0) is 71.5. The number of alkyl halides is 2. The second kappa shape index (κ2) is 35.4. The number of phenols is 1. The Hall–Kier alpha value is -8.46. The molecule has 23 nitrogen and oxygen atoms in total. The zero-order valence-electron chi connectivity index (χ0n) is 55.4. The normalized spacial score (nSPS) is 15.2. The monoisotopic (exact) mass is 1460 g/mol. The summed E-state index contributed by atoms with van der Waals surface area (Å²) in [5.41, 5.74) is 0.637. The van der Waals surface area contributed by atoms with E-state index >= 15 is 0 Å². The highest BCUT2D eigenvalue weighted by Gasteiger charge is 2.50. The minimum absolute atomic E-state index is 0.00385. The van der Waals surface area contributed by atoms with Gasteiger partial charge in [0.15, 0.2) is 11.5 Å². The zero-order valence-corrected chi connectivity index (χ0v) is 58.7. The Balaban J connectivity index is 1.01. The molecule has 1 aromatic heterocycles. The maximum absolute atomic E-state index is 14.8. The van der Waals surface area contributed by atoms with Crippen molar-refractivity contribution >= 4 is 82.1 Å². The van der Waals surface area contributed by atoms with E-state index in [0.717, 1.165) is 56.0 Å². The van der Waals surface area contributed by atoms with E-state index in [1.165, 1.54) is 41.5 Å². The number of methoxy groups -OCH3 is 1. The minimum Gasteiger partial charge on any atom is -0.504 e. The van der Waals surface area contributed by atoms with E-state index in [-0.39, 0.29) is 87.7 Å². The number of likely N-dealkylation sites (tertiary alicyclic amines) is 1. The van der Waals surface area contributed by atoms with Crippen molar-refractivity contribution in [2.45, 2.75) is 154 Å². The maximum Gasteiger partial charge on any atom is 0.399 e. The van der Waals surface area contributed by atoms with Crippen molar-refractivity contribution in [3.63, 3.8) is 0 Å². The predicted molar refractivity (Wildman–Crippen MR) is 369 cm³/mol. The van der Waals surface area contributed by atoms with Gasteiger partial charge in [0.05, 0.1) is 35.7 Å². The molecule has 6 aromatic rings. The summed E-state index contributed by atoms with van der Waals surface area (Å²) >= 11 is 4.97. The first kappa shape index (κ1) is 76.9. The Morgan fingerprint density at radius 1 is 0.714 bits per heavy atom. The maximum atomic E-state index is 14.8. The Kier molecular flexibility index (Phi) is 27.7. The lowest BCUT2D eigenvalue weighted by atomic mass is 9.85. The molecule has 0 radical (unpaired) electrons. The molecule has 8 amide bonds. The van der Waals surface area contributed by atoms with Crippen molar-refractivity contribution < 1.29 is 76.4 Å². The molecule has 7 rings (SSSR count). The van der Waals surface area contributed by atoms with E-state index < -0.39 is 108 Å². The molecule has 5 aromatic carbocycles. The number of ether oxygens (including phenoxy) is 1. The largest absolute Gasteiger partial charge is 0.504 e. The smallest absolute Gasteiger partial charge is 0.399 e. The average molecular weight is 1460 g/mol. The van der Waals surface area contributed by atoms with E-state index in [0.29, 0.717) is 42.4 Å². The third-order valence-electron chi connectivity index (χ3n) is 16.6. The van der Waals surface area contributed by atoms with Crippen LogP contribution < -0.4 is 42.0 Å². The number of aliphatic hydroxyl groups excluding tert-OH is 1. The molecule has 11 N–H and O–H groups in total. The van der Waals surface area contributed by atoms with Gasteiger partial charge < -0.3 is 66.9 Å². The van der Waals surface area contributed by atoms with Crippen LogP contribution in [0.5, 0.6) is 11.5 Å². The summed E-state index contributed by atoms with van der Waals surface area (Å²) < 4.78 is 47.4. The predicted octanol–water partition coefficient (Wildman–Crippen LogP) is 7.70. The minimum atomic E-state index is -5.97. The number of aryl methyl sites for hydroxylation is 2. The van der Waals surface area contributed by atoms with Gasteiger partial charge in [0.2, 0.25) is 41.4 Å². The highest BCUT2D eigenvalue weighted by Crippen LogP contribution is 2.59. The van der Waals surface area contributed by atoms with Gasteiger partial charge >= 0.3 is 13.3 Å². The van der Waals surface area contributed by atoms with E-state index in [1.54, 1.807) is 74.8 Å². The molecule has 1 aliphatic heterocycles. The number of phenolic OH excluding ortho intramolecular Hbond substituents is 1. The number of thiazole rings is 1. The summed E-state index contributed by atoms with van der Waals surface area (Å²) in [6.07, 6.45) is -0.0307. The highest BCUT2D eigenvalue weighted by atomic mass is 79.9. The Bertz CT molecular complexity index is 3820. The standard InChI is InChI=1S/C70H85BrF2N9O14PS/c1-42-19-25-49(37-52(42)71)63(87)74-32-14-12-17-53(64(88)75-31-13-8-11-18-59(85)81-62(69(3,4)5)68(92)82-40-51(83)38-56(82)67(91)76-39-46-20-26-48(27-21-46)61-43(2)77-41-98-61)79-66(90)55(34-45-22-28-50(29-23-45)70(72,73)97(93,94)95)80-65(89)54(33-44-15-9-7-10-16-44)78-60(86)36-47-24-30-57(84)58(35-47)96-6/h7,9-10,15-16,19-30,35,37,41,51,53-56,62,83-84H,8,11-14,17-18,31-34,36,38-40H2,1-6H3,(H,74,87)(H,75,88)(H,76,91)(H,78,86)(H,79,90)(H,80,89)(H,81,85)(H2,93,94,95)/t51-,53+,54+,55+,56+,62-/m1/s1. The number of hydrogen-bond acceptors (Lipinski definition) is 14. The number of aromatic hydroxyl groups is 1. The van der Waals surface area contributed by atoms with Crippen LogP contribution in [0.3, 0.4) is 0 Å². The molecule has 2 heterocycles. The van der Waals surface area contributed by atoms with Crippen LogP contribution in [-0.4, -0.2) is 140 Å². The number of nitrogens with one attached hydrogen (secondary N) is 7. The molecule has 0 bridgehead atoms. The van der Waals surface area contributed by atoms with Crippen LogP contribution in [0.1, 0.15) is 122 Å². The third kappa shape index (κ3) is 22.0. The molecule has 0 aliphatic carbocycles. The van der Waals surface area contributed by atoms with E-state index in [1.807, 2.05) is 38.1 Å². The van der Waals surface area contributed by atoms with Crippen molar-refractivity contribution in [1.29, 1.82) is 0 Å². The van der Waals surface area contributed by atoms with Crippen LogP contribution in [0.15, 0.2) is 125 Å². The number of nitrogens with zero attached hydrogens (tertiary/aromatic N) is 2. The molecule has 1 fully saturated rings. The Morgan fingerprint density at radius 3 is 1.97 bits per heavy atom. The van der Waals surface area contributed by atoms with Crippen LogP contribution >= 0.6 is 34.9 Å². The second-order valence-electron chi connectivity index (χ2n) is 25.4. The van der Waals surface area contributed by atoms with Gasteiger partial charge in [0.1, 0.15) is 30.2 Å². The molecule has 1 aliphatic rings. The number of benzene rings is 5. The van der Waals surface area contributed by atoms with Crippen LogP contribution in [0, 0.1) is 19.3 Å². The van der Waals surface area contributed by atoms with Crippen molar-refractivity contribution in [2.75, 3.05) is 26.7 Å². The fraction of sp³-hybridized carbons (Fsp3) is 0.414. The average Bonchev–Trinajstić information content (AvgIpc) is 1.40. The summed E-state index contributed by atoms with van der Waals surface area (Å²) in [4.78, 5) is 138. The number of aliphatic hydroxyl groups is 1. The van der Waals surface area contributed by atoms with Gasteiger partial charge in [-0.15, -0.1) is 11.3 Å². The molecule has 98 heavy (non-hydrogen) atoms. The first-order valence-corrected chi connectivity index (χ1v) is 35.4. The van der Waals surface area contributed by atoms with E-state index in [9.17, 15) is 71.7 Å². The fourth-order valence-corrected chi connectivity index (χ4v) is 12.7. The quantitative estimate of drug-likeness (QED) is 0.0139. The SMILES string of the molecule is COc1cc(CC(=O)N[C@@H](Cc2ccccc2)C(=O)N[C@@H](Cc2ccc(C(F)(F)P(=O)(O)O)cc2)C(=O)N[C@@H](CCCCNC(=O)c2ccc(C)c(Br)c2)C(=O)NCCCCCC(=O)N[C@H](C(=O)N2C[C@H](O)C[C@H]2C(=O)NCc2ccc(-c3scnc3C)cc2)C(C)(C)C)ccc1O. The summed E-state index contributed by atoms with van der Waals surface area (Å²) in [5, 5.41) is 40.5. The van der Waals surface area contributed by atoms with Gasteiger partial charge in [-0.1, -0.05) is 134 Å². The van der Waals surface area contributed by atoms with Crippen LogP contribution in [-0.2, 0) is 69.6 Å². The van der Waals surface area contributed by atoms with Crippen LogP contribution in [0.2, 0.25) is 0 Å². The van der Waals surface area contributed by atoms with Crippen LogP contribution in [0.25, 0.3) is 10.4 Å². The second-order valence-corrected chi connectivity index (χ2v) is 28.7. The van der Waals surface area contributed by atoms with E-state index in [4.69, 9.17) is 4.74 Å². The molecular formula is C70H85BrF2N9O14PS. The van der Waals surface area contributed by atoms with Gasteiger partial charge in [-0.25, -0.2) is 4.98 Å². The first-order valence-electron chi connectivity index (χ1n) is 32.1. The number of unbranched alkanes of at least 4 members (excludes halogenated alkanes) is 3. The van der Waals surface area contributed by atoms with Crippen molar-refractivity contribution in [3.8, 4) is 21.9 Å². The molecule has 28 heteroatoms. The summed E-state index contributed by atoms with van der Waals surface area (Å²) in [6.45, 7) is 9.48. The summed E-state index contributed by atoms with van der Waals surface area (Å²) in [5.74, 6) is -4.86. The number of rotatable bonds is 33. The van der Waals surface area contributed by atoms with Crippen molar-refractivity contribution in [3.05, 3.63) is 170 Å². The lowest BCUT2D eigenvalue weighted by Crippen LogP contribution is -2.57. The Morgan fingerprint density at radius 2 is 1.34 bits per heavy atom. The third-order valence-corrected chi connectivity index (χ3v) is 19.5.